The number of anilines is 1. The molecule has 8 heteroatoms. The molecule has 136 valence electrons. The molecular formula is C18H20ClN5O2. The number of benzene rings is 1. The number of nitrogens with zero attached hydrogens (tertiary/aromatic N) is 4. The van der Waals surface area contributed by atoms with Crippen LogP contribution in [0.25, 0.3) is 5.69 Å². The molecule has 0 spiro atoms. The smallest absolute Gasteiger partial charge is 0.266 e. The lowest BCUT2D eigenvalue weighted by molar-refractivity contribution is -0.122. The van der Waals surface area contributed by atoms with Crippen LogP contribution in [0.5, 0.6) is 5.88 Å². The minimum absolute atomic E-state index is 0.207. The summed E-state index contributed by atoms with van der Waals surface area (Å²) in [6, 6.07) is 11.3. The maximum absolute atomic E-state index is 12.4. The molecule has 0 radical (unpaired) electrons. The summed E-state index contributed by atoms with van der Waals surface area (Å²) < 4.78 is 8.98. The molecule has 1 aromatic carbocycles. The summed E-state index contributed by atoms with van der Waals surface area (Å²) in [5.74, 6) is 0.537. The van der Waals surface area contributed by atoms with Gasteiger partial charge in [0.2, 0.25) is 0 Å². The average molecular weight is 374 g/mol. The van der Waals surface area contributed by atoms with E-state index >= 15 is 0 Å². The highest BCUT2D eigenvalue weighted by Crippen LogP contribution is 2.25. The number of aryl methyl sites for hydroxylation is 2. The highest BCUT2D eigenvalue weighted by molar-refractivity contribution is 6.31. The van der Waals surface area contributed by atoms with Crippen molar-refractivity contribution >= 4 is 23.3 Å². The highest BCUT2D eigenvalue weighted by Gasteiger charge is 2.20. The summed E-state index contributed by atoms with van der Waals surface area (Å²) in [7, 11) is 0. The first kappa shape index (κ1) is 18.0. The van der Waals surface area contributed by atoms with Gasteiger partial charge >= 0.3 is 0 Å². The van der Waals surface area contributed by atoms with E-state index in [1.54, 1.807) is 22.5 Å². The van der Waals surface area contributed by atoms with Crippen molar-refractivity contribution in [2.24, 2.45) is 0 Å². The zero-order valence-electron chi connectivity index (χ0n) is 14.8. The zero-order chi connectivity index (χ0) is 18.7. The predicted molar refractivity (Wildman–Crippen MR) is 99.9 cm³/mol. The Morgan fingerprint density at radius 1 is 1.31 bits per heavy atom. The van der Waals surface area contributed by atoms with Gasteiger partial charge in [0.25, 0.3) is 11.8 Å². The van der Waals surface area contributed by atoms with E-state index < -0.39 is 6.10 Å². The summed E-state index contributed by atoms with van der Waals surface area (Å²) in [4.78, 5) is 12.4. The maximum atomic E-state index is 12.4. The van der Waals surface area contributed by atoms with E-state index in [1.807, 2.05) is 50.2 Å². The van der Waals surface area contributed by atoms with Gasteiger partial charge in [-0.05, 0) is 32.9 Å². The van der Waals surface area contributed by atoms with E-state index in [4.69, 9.17) is 16.3 Å². The summed E-state index contributed by atoms with van der Waals surface area (Å²) in [5.41, 5.74) is 1.68. The molecule has 1 amide bonds. The molecule has 0 aliphatic carbocycles. The van der Waals surface area contributed by atoms with Crippen molar-refractivity contribution in [2.75, 3.05) is 5.32 Å². The van der Waals surface area contributed by atoms with Crippen molar-refractivity contribution in [3.8, 4) is 11.6 Å². The molecule has 26 heavy (non-hydrogen) atoms. The van der Waals surface area contributed by atoms with Crippen molar-refractivity contribution in [1.82, 2.24) is 19.6 Å². The molecule has 1 N–H and O–H groups in total. The minimum atomic E-state index is -0.771. The Hall–Kier alpha value is -2.80. The molecule has 0 bridgehead atoms. The van der Waals surface area contributed by atoms with Crippen molar-refractivity contribution in [3.05, 3.63) is 53.3 Å². The van der Waals surface area contributed by atoms with Crippen molar-refractivity contribution < 1.29 is 9.53 Å². The van der Waals surface area contributed by atoms with Gasteiger partial charge in [-0.15, -0.1) is 5.10 Å². The van der Waals surface area contributed by atoms with Gasteiger partial charge in [-0.1, -0.05) is 29.8 Å². The summed E-state index contributed by atoms with van der Waals surface area (Å²) in [6.45, 7) is 6.13. The molecule has 0 saturated heterocycles. The van der Waals surface area contributed by atoms with Gasteiger partial charge in [-0.25, -0.2) is 9.36 Å². The van der Waals surface area contributed by atoms with Crippen LogP contribution < -0.4 is 10.1 Å². The lowest BCUT2D eigenvalue weighted by atomic mass is 10.3. The monoisotopic (exact) mass is 373 g/mol. The third-order valence-electron chi connectivity index (χ3n) is 3.77. The van der Waals surface area contributed by atoms with Gasteiger partial charge < -0.3 is 10.1 Å². The van der Waals surface area contributed by atoms with Gasteiger partial charge in [0.1, 0.15) is 10.8 Å². The normalized spacial score (nSPS) is 12.0. The number of hydrogen-bond donors (Lipinski definition) is 1. The maximum Gasteiger partial charge on any atom is 0.266 e. The van der Waals surface area contributed by atoms with E-state index in [0.29, 0.717) is 17.4 Å². The second kappa shape index (κ2) is 7.61. The van der Waals surface area contributed by atoms with E-state index in [2.05, 4.69) is 15.5 Å². The molecule has 7 nitrogen and oxygen atoms in total. The van der Waals surface area contributed by atoms with Crippen LogP contribution in [-0.4, -0.2) is 31.6 Å². The Balaban J connectivity index is 1.70. The third-order valence-corrected chi connectivity index (χ3v) is 4.03. The number of halogens is 1. The number of carbonyl (C=O) groups excluding carboxylic acids is 1. The fourth-order valence-electron chi connectivity index (χ4n) is 2.47. The number of para-hydroxylation sites is 1. The highest BCUT2D eigenvalue weighted by atomic mass is 35.5. The van der Waals surface area contributed by atoms with Crippen LogP contribution in [0, 0.1) is 6.92 Å². The average Bonchev–Trinajstić information content (AvgIpc) is 3.18. The van der Waals surface area contributed by atoms with Crippen molar-refractivity contribution in [2.45, 2.75) is 33.4 Å². The molecule has 1 atom stereocenters. The van der Waals surface area contributed by atoms with E-state index in [9.17, 15) is 4.79 Å². The minimum Gasteiger partial charge on any atom is -0.462 e. The van der Waals surface area contributed by atoms with Crippen LogP contribution in [0.3, 0.4) is 0 Å². The zero-order valence-corrected chi connectivity index (χ0v) is 15.6. The largest absolute Gasteiger partial charge is 0.462 e. The van der Waals surface area contributed by atoms with Gasteiger partial charge in [0, 0.05) is 12.6 Å². The fourth-order valence-corrected chi connectivity index (χ4v) is 2.64. The molecule has 3 rings (SSSR count). The van der Waals surface area contributed by atoms with Gasteiger partial charge in [-0.3, -0.25) is 4.79 Å². The molecule has 0 saturated carbocycles. The summed E-state index contributed by atoms with van der Waals surface area (Å²) in [5, 5.41) is 11.8. The number of hydrogen-bond acceptors (Lipinski definition) is 4. The number of rotatable bonds is 6. The van der Waals surface area contributed by atoms with Crippen LogP contribution in [0.4, 0.5) is 5.82 Å². The fraction of sp³-hybridized carbons (Fsp3) is 0.278. The van der Waals surface area contributed by atoms with Gasteiger partial charge in [0.15, 0.2) is 6.10 Å². The van der Waals surface area contributed by atoms with E-state index in [-0.39, 0.29) is 11.8 Å². The molecule has 0 aliphatic rings. The van der Waals surface area contributed by atoms with Crippen LogP contribution >= 0.6 is 11.6 Å². The topological polar surface area (TPSA) is 74.0 Å². The van der Waals surface area contributed by atoms with Crippen LogP contribution in [-0.2, 0) is 11.3 Å². The number of ether oxygens (including phenoxy) is 1. The first-order chi connectivity index (χ1) is 12.5. The standard InChI is InChI=1S/C18H20ClN5O2/c1-4-23-16(10-12(2)21-23)20-17(25)13(3)26-18-15(19)11-24(22-18)14-8-6-5-7-9-14/h5-11,13H,4H2,1-3H3,(H,20,25). The van der Waals surface area contributed by atoms with Gasteiger partial charge in [0.05, 0.1) is 17.6 Å². The Morgan fingerprint density at radius 3 is 2.73 bits per heavy atom. The summed E-state index contributed by atoms with van der Waals surface area (Å²) in [6.07, 6.45) is 0.874. The Kier molecular flexibility index (Phi) is 5.27. The Labute approximate surface area is 156 Å². The van der Waals surface area contributed by atoms with E-state index in [1.165, 1.54) is 0 Å². The molecule has 3 aromatic rings. The molecule has 2 heterocycles. The molecule has 0 fully saturated rings. The molecule has 0 aliphatic heterocycles. The predicted octanol–water partition coefficient (Wildman–Crippen LogP) is 3.46. The second-order valence-corrected chi connectivity index (χ2v) is 6.21. The van der Waals surface area contributed by atoms with Crippen LogP contribution in [0.1, 0.15) is 19.5 Å². The number of nitrogens with one attached hydrogen (secondary N) is 1. The number of aromatic nitrogens is 4. The first-order valence-corrected chi connectivity index (χ1v) is 8.68. The molecule has 2 aromatic heterocycles. The molecular weight excluding hydrogens is 354 g/mol. The van der Waals surface area contributed by atoms with Gasteiger partial charge in [-0.2, -0.15) is 5.10 Å². The lowest BCUT2D eigenvalue weighted by Gasteiger charge is -2.13. The quantitative estimate of drug-likeness (QED) is 0.718. The van der Waals surface area contributed by atoms with Crippen LogP contribution in [0.2, 0.25) is 5.02 Å². The van der Waals surface area contributed by atoms with Crippen molar-refractivity contribution in [1.29, 1.82) is 0 Å². The third kappa shape index (κ3) is 3.88. The summed E-state index contributed by atoms with van der Waals surface area (Å²) >= 11 is 6.20. The van der Waals surface area contributed by atoms with E-state index in [0.717, 1.165) is 11.4 Å². The molecule has 1 unspecified atom stereocenters. The van der Waals surface area contributed by atoms with Crippen LogP contribution in [0.15, 0.2) is 42.6 Å². The number of carbonyl (C=O) groups is 1. The SMILES string of the molecule is CCn1nc(C)cc1NC(=O)C(C)Oc1nn(-c2ccccc2)cc1Cl. The second-order valence-electron chi connectivity index (χ2n) is 5.80. The lowest BCUT2D eigenvalue weighted by Crippen LogP contribution is -2.31. The van der Waals surface area contributed by atoms with Crippen molar-refractivity contribution in [3.63, 3.8) is 0 Å². The first-order valence-electron chi connectivity index (χ1n) is 8.30. The number of amides is 1. The Morgan fingerprint density at radius 2 is 2.04 bits per heavy atom. The Bertz CT molecular complexity index is 904.